The summed E-state index contributed by atoms with van der Waals surface area (Å²) in [5.74, 6) is -0.327. The predicted octanol–water partition coefficient (Wildman–Crippen LogP) is 3.84. The van der Waals surface area contributed by atoms with Gasteiger partial charge in [-0.2, -0.15) is 5.10 Å². The van der Waals surface area contributed by atoms with Crippen LogP contribution in [0, 0.1) is 12.7 Å². The predicted molar refractivity (Wildman–Crippen MR) is 109 cm³/mol. The number of fused-ring (bicyclic) bond motifs is 1. The second-order valence-electron chi connectivity index (χ2n) is 6.91. The average molecular weight is 406 g/mol. The van der Waals surface area contributed by atoms with Crippen LogP contribution in [0.2, 0.25) is 0 Å². The summed E-state index contributed by atoms with van der Waals surface area (Å²) in [7, 11) is 0. The topological polar surface area (TPSA) is 96.6 Å². The molecule has 4 rings (SSSR count). The third kappa shape index (κ3) is 3.98. The number of aryl methyl sites for hydroxylation is 1. The molecule has 3 aromatic rings. The zero-order valence-electron chi connectivity index (χ0n) is 16.2. The fraction of sp³-hybridized carbons (Fsp3) is 0.182. The Balaban J connectivity index is 1.56. The van der Waals surface area contributed by atoms with Crippen molar-refractivity contribution in [2.45, 2.75) is 26.2 Å². The molecule has 2 aromatic heterocycles. The lowest BCUT2D eigenvalue weighted by atomic mass is 9.93. The molecular formula is C22H19FN4O3. The van der Waals surface area contributed by atoms with Crippen molar-refractivity contribution in [2.24, 2.45) is 5.10 Å². The molecule has 1 aliphatic carbocycles. The van der Waals surface area contributed by atoms with Crippen molar-refractivity contribution in [3.05, 3.63) is 82.8 Å². The highest BCUT2D eigenvalue weighted by molar-refractivity contribution is 6.09. The molecule has 0 saturated carbocycles. The zero-order valence-corrected chi connectivity index (χ0v) is 16.2. The summed E-state index contributed by atoms with van der Waals surface area (Å²) in [5, 5.41) is 6.99. The van der Waals surface area contributed by atoms with Crippen LogP contribution in [-0.2, 0) is 6.42 Å². The van der Waals surface area contributed by atoms with E-state index >= 15 is 0 Å². The van der Waals surface area contributed by atoms with E-state index in [1.807, 2.05) is 0 Å². The Morgan fingerprint density at radius 1 is 1.13 bits per heavy atom. The first kappa shape index (κ1) is 19.5. The summed E-state index contributed by atoms with van der Waals surface area (Å²) in [4.78, 5) is 28.9. The van der Waals surface area contributed by atoms with Gasteiger partial charge in [-0.3, -0.25) is 14.6 Å². The molecular weight excluding hydrogens is 387 g/mol. The van der Waals surface area contributed by atoms with Crippen molar-refractivity contribution in [1.82, 2.24) is 10.4 Å². The first-order chi connectivity index (χ1) is 14.5. The van der Waals surface area contributed by atoms with Gasteiger partial charge in [-0.1, -0.05) is 0 Å². The zero-order chi connectivity index (χ0) is 21.1. The highest BCUT2D eigenvalue weighted by Crippen LogP contribution is 2.30. The molecule has 2 N–H and O–H groups in total. The standard InChI is InChI=1S/C22H19FN4O3/c1-13-19-17(26-27-21(28)14-4-3-11-24-12-14)5-2-6-18(19)30-20(13)22(29)25-16-9-7-15(23)8-10-16/h3-4,7-12H,2,5-6H2,1H3,(H,25,29)(H,27,28)/b26-17+. The number of hydrazone groups is 1. The Bertz CT molecular complexity index is 1120. The molecule has 1 aliphatic rings. The number of furan rings is 1. The maximum absolute atomic E-state index is 13.1. The number of nitrogens with one attached hydrogen (secondary N) is 2. The fourth-order valence-corrected chi connectivity index (χ4v) is 3.40. The van der Waals surface area contributed by atoms with Crippen LogP contribution in [0.4, 0.5) is 10.1 Å². The van der Waals surface area contributed by atoms with Crippen molar-refractivity contribution in [1.29, 1.82) is 0 Å². The largest absolute Gasteiger partial charge is 0.455 e. The van der Waals surface area contributed by atoms with Gasteiger partial charge in [0.1, 0.15) is 11.6 Å². The van der Waals surface area contributed by atoms with Crippen LogP contribution in [0.25, 0.3) is 0 Å². The van der Waals surface area contributed by atoms with Crippen LogP contribution in [-0.4, -0.2) is 22.5 Å². The Kier molecular flexibility index (Phi) is 5.38. The molecule has 0 unspecified atom stereocenters. The number of halogens is 1. The first-order valence-corrected chi connectivity index (χ1v) is 9.49. The number of benzene rings is 1. The van der Waals surface area contributed by atoms with Crippen molar-refractivity contribution in [3.8, 4) is 0 Å². The van der Waals surface area contributed by atoms with E-state index in [9.17, 15) is 14.0 Å². The molecule has 0 aliphatic heterocycles. The van der Waals surface area contributed by atoms with Crippen LogP contribution in [0.1, 0.15) is 50.6 Å². The molecule has 152 valence electrons. The van der Waals surface area contributed by atoms with E-state index in [-0.39, 0.29) is 17.5 Å². The van der Waals surface area contributed by atoms with E-state index in [4.69, 9.17) is 4.42 Å². The molecule has 0 fully saturated rings. The molecule has 2 amide bonds. The van der Waals surface area contributed by atoms with Gasteiger partial charge in [0.05, 0.1) is 11.3 Å². The molecule has 8 heteroatoms. The minimum atomic E-state index is -0.424. The summed E-state index contributed by atoms with van der Waals surface area (Å²) in [5.41, 5.74) is 5.48. The van der Waals surface area contributed by atoms with Gasteiger partial charge >= 0.3 is 0 Å². The Labute approximate surface area is 172 Å². The minimum absolute atomic E-state index is 0.178. The number of aromatic nitrogens is 1. The summed E-state index contributed by atoms with van der Waals surface area (Å²) < 4.78 is 18.9. The van der Waals surface area contributed by atoms with E-state index in [2.05, 4.69) is 20.8 Å². The number of hydrogen-bond acceptors (Lipinski definition) is 5. The quantitative estimate of drug-likeness (QED) is 0.644. The monoisotopic (exact) mass is 406 g/mol. The molecule has 0 saturated heterocycles. The molecule has 2 heterocycles. The highest BCUT2D eigenvalue weighted by Gasteiger charge is 2.28. The Hall–Kier alpha value is -3.81. The van der Waals surface area contributed by atoms with Gasteiger partial charge in [-0.05, 0) is 56.2 Å². The second-order valence-corrected chi connectivity index (χ2v) is 6.91. The van der Waals surface area contributed by atoms with Gasteiger partial charge in [0.25, 0.3) is 11.8 Å². The van der Waals surface area contributed by atoms with Crippen molar-refractivity contribution in [3.63, 3.8) is 0 Å². The van der Waals surface area contributed by atoms with Crippen LogP contribution in [0.15, 0.2) is 58.3 Å². The lowest BCUT2D eigenvalue weighted by Crippen LogP contribution is -2.22. The van der Waals surface area contributed by atoms with Gasteiger partial charge in [-0.15, -0.1) is 0 Å². The normalized spacial score (nSPS) is 14.3. The van der Waals surface area contributed by atoms with Crippen molar-refractivity contribution in [2.75, 3.05) is 5.32 Å². The van der Waals surface area contributed by atoms with Crippen LogP contribution >= 0.6 is 0 Å². The fourth-order valence-electron chi connectivity index (χ4n) is 3.40. The maximum atomic E-state index is 13.1. The lowest BCUT2D eigenvalue weighted by molar-refractivity contribution is 0.0953. The van der Waals surface area contributed by atoms with Gasteiger partial charge in [-0.25, -0.2) is 9.82 Å². The Morgan fingerprint density at radius 2 is 1.93 bits per heavy atom. The Morgan fingerprint density at radius 3 is 2.67 bits per heavy atom. The van der Waals surface area contributed by atoms with Crippen LogP contribution in [0.3, 0.4) is 0 Å². The number of rotatable bonds is 4. The molecule has 0 radical (unpaired) electrons. The van der Waals surface area contributed by atoms with E-state index in [1.54, 1.807) is 25.3 Å². The number of hydrogen-bond donors (Lipinski definition) is 2. The van der Waals surface area contributed by atoms with Gasteiger partial charge < -0.3 is 9.73 Å². The van der Waals surface area contributed by atoms with E-state index in [0.717, 1.165) is 12.0 Å². The molecule has 30 heavy (non-hydrogen) atoms. The minimum Gasteiger partial charge on any atom is -0.455 e. The molecule has 1 aromatic carbocycles. The SMILES string of the molecule is Cc1c(C(=O)Nc2ccc(F)cc2)oc2c1/C(=N/NC(=O)c1cccnc1)CCC2. The summed E-state index contributed by atoms with van der Waals surface area (Å²) in [6.07, 6.45) is 5.17. The number of anilines is 1. The average Bonchev–Trinajstić information content (AvgIpc) is 3.11. The van der Waals surface area contributed by atoms with Gasteiger partial charge in [0.2, 0.25) is 0 Å². The third-order valence-corrected chi connectivity index (χ3v) is 4.85. The first-order valence-electron chi connectivity index (χ1n) is 9.49. The summed E-state index contributed by atoms with van der Waals surface area (Å²) >= 11 is 0. The van der Waals surface area contributed by atoms with Crippen molar-refractivity contribution >= 4 is 23.2 Å². The lowest BCUT2D eigenvalue weighted by Gasteiger charge is -2.13. The molecule has 7 nitrogen and oxygen atoms in total. The van der Waals surface area contributed by atoms with Gasteiger partial charge in [0, 0.05) is 35.6 Å². The van der Waals surface area contributed by atoms with E-state index in [1.165, 1.54) is 30.5 Å². The summed E-state index contributed by atoms with van der Waals surface area (Å²) in [6, 6.07) is 8.82. The van der Waals surface area contributed by atoms with Crippen LogP contribution in [0.5, 0.6) is 0 Å². The van der Waals surface area contributed by atoms with E-state index < -0.39 is 5.91 Å². The number of carbonyl (C=O) groups excluding carboxylic acids is 2. The van der Waals surface area contributed by atoms with Crippen LogP contribution < -0.4 is 10.7 Å². The molecule has 0 bridgehead atoms. The smallest absolute Gasteiger partial charge is 0.291 e. The molecule has 0 spiro atoms. The number of amides is 2. The second kappa shape index (κ2) is 8.28. The highest BCUT2D eigenvalue weighted by atomic mass is 19.1. The maximum Gasteiger partial charge on any atom is 0.291 e. The number of pyridine rings is 1. The van der Waals surface area contributed by atoms with Gasteiger partial charge in [0.15, 0.2) is 5.76 Å². The van der Waals surface area contributed by atoms with Crippen molar-refractivity contribution < 1.29 is 18.4 Å². The summed E-state index contributed by atoms with van der Waals surface area (Å²) in [6.45, 7) is 1.78. The number of carbonyl (C=O) groups is 2. The van der Waals surface area contributed by atoms with E-state index in [0.29, 0.717) is 41.1 Å². The third-order valence-electron chi connectivity index (χ3n) is 4.85. The molecule has 0 atom stereocenters. The number of nitrogens with zero attached hydrogens (tertiary/aromatic N) is 2.